The molecule has 4 rings (SSSR count). The second-order valence-electron chi connectivity index (χ2n) is 7.75. The number of hydrogen-bond acceptors (Lipinski definition) is 4. The lowest BCUT2D eigenvalue weighted by Gasteiger charge is -2.37. The molecule has 6 nitrogen and oxygen atoms in total. The average molecular weight is 375 g/mol. The lowest BCUT2D eigenvalue weighted by Crippen LogP contribution is -2.54. The van der Waals surface area contributed by atoms with E-state index in [1.165, 1.54) is 10.4 Å². The van der Waals surface area contributed by atoms with Crippen LogP contribution in [0.2, 0.25) is 0 Å². The Morgan fingerprint density at radius 1 is 1.35 bits per heavy atom. The van der Waals surface area contributed by atoms with Crippen LogP contribution in [0.3, 0.4) is 0 Å². The van der Waals surface area contributed by atoms with Gasteiger partial charge in [0, 0.05) is 11.4 Å². The van der Waals surface area contributed by atoms with Gasteiger partial charge in [0.15, 0.2) is 0 Å². The highest BCUT2D eigenvalue weighted by atomic mass is 32.1. The molecule has 3 heterocycles. The zero-order valence-electron chi connectivity index (χ0n) is 15.3. The van der Waals surface area contributed by atoms with Crippen LogP contribution in [0, 0.1) is 5.92 Å². The molecule has 1 N–H and O–H groups in total. The van der Waals surface area contributed by atoms with Crippen LogP contribution in [-0.4, -0.2) is 46.3 Å². The average Bonchev–Trinajstić information content (AvgIpc) is 3.18. The van der Waals surface area contributed by atoms with E-state index >= 15 is 0 Å². The van der Waals surface area contributed by atoms with Gasteiger partial charge >= 0.3 is 6.03 Å². The molecule has 0 bridgehead atoms. The predicted molar refractivity (Wildman–Crippen MR) is 98.8 cm³/mol. The fourth-order valence-electron chi connectivity index (χ4n) is 4.72. The van der Waals surface area contributed by atoms with E-state index in [1.807, 2.05) is 13.8 Å². The first-order valence-corrected chi connectivity index (χ1v) is 10.3. The van der Waals surface area contributed by atoms with E-state index in [2.05, 4.69) is 16.8 Å². The van der Waals surface area contributed by atoms with Crippen LogP contribution in [0.1, 0.15) is 56.0 Å². The molecule has 2 fully saturated rings. The molecule has 26 heavy (non-hydrogen) atoms. The Hall–Kier alpha value is -1.89. The number of amides is 4. The fourth-order valence-corrected chi connectivity index (χ4v) is 5.68. The van der Waals surface area contributed by atoms with Gasteiger partial charge in [0.05, 0.1) is 6.04 Å². The highest BCUT2D eigenvalue weighted by Gasteiger charge is 2.55. The molecule has 7 heteroatoms. The minimum atomic E-state index is -0.802. The van der Waals surface area contributed by atoms with Gasteiger partial charge in [0.25, 0.3) is 5.91 Å². The predicted octanol–water partition coefficient (Wildman–Crippen LogP) is 2.69. The van der Waals surface area contributed by atoms with Crippen LogP contribution >= 0.6 is 11.3 Å². The summed E-state index contributed by atoms with van der Waals surface area (Å²) in [5, 5.41) is 4.97. The van der Waals surface area contributed by atoms with Crippen LogP contribution in [0.4, 0.5) is 4.79 Å². The number of hydrogen-bond donors (Lipinski definition) is 1. The summed E-state index contributed by atoms with van der Waals surface area (Å²) < 4.78 is 0. The summed E-state index contributed by atoms with van der Waals surface area (Å²) in [6.07, 6.45) is 4.45. The summed E-state index contributed by atoms with van der Waals surface area (Å²) in [4.78, 5) is 42.7. The van der Waals surface area contributed by atoms with Gasteiger partial charge in [0.2, 0.25) is 5.91 Å². The largest absolute Gasteiger partial charge is 0.334 e. The van der Waals surface area contributed by atoms with Crippen molar-refractivity contribution in [1.82, 2.24) is 15.1 Å². The first-order chi connectivity index (χ1) is 12.4. The van der Waals surface area contributed by atoms with Gasteiger partial charge in [-0.15, -0.1) is 11.3 Å². The van der Waals surface area contributed by atoms with E-state index in [4.69, 9.17) is 0 Å². The maximum absolute atomic E-state index is 13.0. The summed E-state index contributed by atoms with van der Waals surface area (Å²) in [5.74, 6) is -0.266. The topological polar surface area (TPSA) is 69.7 Å². The standard InChI is InChI=1S/C19H25N3O3S/c1-12-5-3-4-8-19(12)17(24)22(18(25)20-19)11-16(23)21-9-6-15-14(13(21)2)7-10-26-15/h7,10,12-13H,3-6,8-9,11H2,1-2H3,(H,20,25). The van der Waals surface area contributed by atoms with Gasteiger partial charge in [-0.25, -0.2) is 4.79 Å². The van der Waals surface area contributed by atoms with Crippen molar-refractivity contribution in [1.29, 1.82) is 0 Å². The van der Waals surface area contributed by atoms with Crippen LogP contribution in [0.15, 0.2) is 11.4 Å². The van der Waals surface area contributed by atoms with E-state index in [-0.39, 0.29) is 30.3 Å². The van der Waals surface area contributed by atoms with Crippen molar-refractivity contribution >= 4 is 29.2 Å². The van der Waals surface area contributed by atoms with E-state index in [0.717, 1.165) is 30.6 Å². The second kappa shape index (κ2) is 6.37. The summed E-state index contributed by atoms with van der Waals surface area (Å²) in [7, 11) is 0. The van der Waals surface area contributed by atoms with Crippen molar-refractivity contribution < 1.29 is 14.4 Å². The molecule has 3 atom stereocenters. The summed E-state index contributed by atoms with van der Waals surface area (Å²) in [6.45, 7) is 4.51. The van der Waals surface area contributed by atoms with Crippen molar-refractivity contribution in [3.63, 3.8) is 0 Å². The van der Waals surface area contributed by atoms with Crippen molar-refractivity contribution in [2.45, 2.75) is 57.5 Å². The molecule has 1 spiro atoms. The molecule has 0 radical (unpaired) electrons. The van der Waals surface area contributed by atoms with Gasteiger partial charge < -0.3 is 10.2 Å². The van der Waals surface area contributed by atoms with Gasteiger partial charge in [0.1, 0.15) is 12.1 Å². The lowest BCUT2D eigenvalue weighted by molar-refractivity contribution is -0.141. The first kappa shape index (κ1) is 17.5. The van der Waals surface area contributed by atoms with Crippen molar-refractivity contribution in [2.24, 2.45) is 5.92 Å². The molecule has 1 saturated carbocycles. The molecule has 1 saturated heterocycles. The third kappa shape index (κ3) is 2.55. The summed E-state index contributed by atoms with van der Waals surface area (Å²) >= 11 is 1.72. The van der Waals surface area contributed by atoms with E-state index in [1.54, 1.807) is 16.2 Å². The number of carbonyl (C=O) groups excluding carboxylic acids is 3. The lowest BCUT2D eigenvalue weighted by atomic mass is 9.73. The van der Waals surface area contributed by atoms with Gasteiger partial charge in [-0.05, 0) is 49.1 Å². The Bertz CT molecular complexity index is 761. The van der Waals surface area contributed by atoms with E-state index < -0.39 is 11.6 Å². The molecule has 1 aromatic rings. The van der Waals surface area contributed by atoms with E-state index in [9.17, 15) is 14.4 Å². The first-order valence-electron chi connectivity index (χ1n) is 9.44. The molecular weight excluding hydrogens is 350 g/mol. The van der Waals surface area contributed by atoms with Gasteiger partial charge in [-0.1, -0.05) is 19.8 Å². The number of nitrogens with zero attached hydrogens (tertiary/aromatic N) is 2. The number of nitrogens with one attached hydrogen (secondary N) is 1. The van der Waals surface area contributed by atoms with Crippen LogP contribution in [-0.2, 0) is 16.0 Å². The molecule has 3 unspecified atom stereocenters. The van der Waals surface area contributed by atoms with Gasteiger partial charge in [-0.3, -0.25) is 14.5 Å². The fraction of sp³-hybridized carbons (Fsp3) is 0.632. The molecule has 0 aromatic carbocycles. The maximum atomic E-state index is 13.0. The smallest absolute Gasteiger partial charge is 0.325 e. The SMILES string of the molecule is CC1c2ccsc2CCN1C(=O)CN1C(=O)NC2(CCCCC2C)C1=O. The third-order valence-corrected chi connectivity index (χ3v) is 7.39. The number of fused-ring (bicyclic) bond motifs is 1. The number of urea groups is 1. The zero-order valence-corrected chi connectivity index (χ0v) is 16.1. The highest BCUT2D eigenvalue weighted by Crippen LogP contribution is 2.38. The Labute approximate surface area is 157 Å². The summed E-state index contributed by atoms with van der Waals surface area (Å²) in [6, 6.07) is 1.63. The Morgan fingerprint density at radius 2 is 2.15 bits per heavy atom. The van der Waals surface area contributed by atoms with Crippen LogP contribution in [0.25, 0.3) is 0 Å². The van der Waals surface area contributed by atoms with Crippen molar-refractivity contribution in [2.75, 3.05) is 13.1 Å². The van der Waals surface area contributed by atoms with Crippen molar-refractivity contribution in [3.8, 4) is 0 Å². The number of rotatable bonds is 2. The second-order valence-corrected chi connectivity index (χ2v) is 8.75. The number of thiophene rings is 1. The zero-order chi connectivity index (χ0) is 18.5. The quantitative estimate of drug-likeness (QED) is 0.808. The minimum Gasteiger partial charge on any atom is -0.334 e. The van der Waals surface area contributed by atoms with E-state index in [0.29, 0.717) is 13.0 Å². The molecule has 4 amide bonds. The van der Waals surface area contributed by atoms with Crippen molar-refractivity contribution in [3.05, 3.63) is 21.9 Å². The molecule has 1 aromatic heterocycles. The third-order valence-electron chi connectivity index (χ3n) is 6.39. The molecule has 140 valence electrons. The maximum Gasteiger partial charge on any atom is 0.325 e. The van der Waals surface area contributed by atoms with Crippen LogP contribution < -0.4 is 5.32 Å². The molecule has 3 aliphatic rings. The highest BCUT2D eigenvalue weighted by molar-refractivity contribution is 7.10. The normalized spacial score (nSPS) is 31.3. The Kier molecular flexibility index (Phi) is 4.29. The Balaban J connectivity index is 1.50. The monoisotopic (exact) mass is 375 g/mol. The summed E-state index contributed by atoms with van der Waals surface area (Å²) in [5.41, 5.74) is 0.382. The number of carbonyl (C=O) groups is 3. The molecule has 1 aliphatic carbocycles. The minimum absolute atomic E-state index is 0.0131. The van der Waals surface area contributed by atoms with Gasteiger partial charge in [-0.2, -0.15) is 0 Å². The Morgan fingerprint density at radius 3 is 2.92 bits per heavy atom. The molecular formula is C19H25N3O3S. The number of imide groups is 1. The van der Waals surface area contributed by atoms with Crippen LogP contribution in [0.5, 0.6) is 0 Å². The molecule has 2 aliphatic heterocycles.